The Balaban J connectivity index is 1.65. The van der Waals surface area contributed by atoms with Crippen molar-refractivity contribution in [1.82, 2.24) is 9.55 Å². The molecule has 0 N–H and O–H groups in total. The fourth-order valence-corrected chi connectivity index (χ4v) is 5.04. The molecule has 6 nitrogen and oxygen atoms in total. The number of aromatic nitrogens is 2. The summed E-state index contributed by atoms with van der Waals surface area (Å²) >= 11 is 1.28. The van der Waals surface area contributed by atoms with Crippen LogP contribution in [0.5, 0.6) is 0 Å². The van der Waals surface area contributed by atoms with E-state index in [1.807, 2.05) is 54.6 Å². The third-order valence-electron chi connectivity index (χ3n) is 5.64. The van der Waals surface area contributed by atoms with Gasteiger partial charge in [-0.1, -0.05) is 61.4 Å². The van der Waals surface area contributed by atoms with E-state index in [9.17, 15) is 14.9 Å². The van der Waals surface area contributed by atoms with Crippen molar-refractivity contribution in [3.8, 4) is 6.07 Å². The van der Waals surface area contributed by atoms with Crippen molar-refractivity contribution >= 4 is 34.3 Å². The summed E-state index contributed by atoms with van der Waals surface area (Å²) in [5, 5.41) is 10.4. The molecule has 1 aliphatic rings. The van der Waals surface area contributed by atoms with Gasteiger partial charge in [-0.25, -0.2) is 4.98 Å². The average Bonchev–Trinajstić information content (AvgIpc) is 2.82. The predicted octanol–water partition coefficient (Wildman–Crippen LogP) is 4.55. The molecule has 1 amide bonds. The van der Waals surface area contributed by atoms with Crippen LogP contribution >= 0.6 is 11.8 Å². The van der Waals surface area contributed by atoms with Crippen LogP contribution in [0, 0.1) is 11.3 Å². The van der Waals surface area contributed by atoms with E-state index in [4.69, 9.17) is 4.98 Å². The minimum atomic E-state index is -0.185. The lowest BCUT2D eigenvalue weighted by Crippen LogP contribution is -2.33. The normalized spacial score (nSPS) is 14.3. The van der Waals surface area contributed by atoms with E-state index in [-0.39, 0.29) is 29.8 Å². The van der Waals surface area contributed by atoms with Crippen LogP contribution in [0.2, 0.25) is 0 Å². The van der Waals surface area contributed by atoms with Crippen LogP contribution in [-0.2, 0) is 4.79 Å². The molecule has 2 aromatic carbocycles. The van der Waals surface area contributed by atoms with E-state index >= 15 is 0 Å². The molecule has 31 heavy (non-hydrogen) atoms. The van der Waals surface area contributed by atoms with Crippen LogP contribution in [0.1, 0.15) is 38.1 Å². The smallest absolute Gasteiger partial charge is 0.262 e. The fourth-order valence-electron chi connectivity index (χ4n) is 4.09. The third kappa shape index (κ3) is 4.64. The number of nitriles is 1. The summed E-state index contributed by atoms with van der Waals surface area (Å²) in [5.74, 6) is -0.0796. The monoisotopic (exact) mass is 432 g/mol. The highest BCUT2D eigenvalue weighted by Crippen LogP contribution is 2.31. The summed E-state index contributed by atoms with van der Waals surface area (Å²) in [7, 11) is 0. The van der Waals surface area contributed by atoms with Crippen molar-refractivity contribution in [3.05, 3.63) is 65.0 Å². The first-order valence-corrected chi connectivity index (χ1v) is 11.5. The van der Waals surface area contributed by atoms with Gasteiger partial charge in [-0.3, -0.25) is 19.1 Å². The lowest BCUT2D eigenvalue weighted by atomic mass is 9.95. The van der Waals surface area contributed by atoms with Crippen LogP contribution in [-0.4, -0.2) is 27.8 Å². The lowest BCUT2D eigenvalue weighted by molar-refractivity contribution is -0.116. The number of carbonyl (C=O) groups excluding carboxylic acids is 1. The Morgan fingerprint density at radius 1 is 1.10 bits per heavy atom. The molecule has 1 aromatic heterocycles. The molecule has 0 radical (unpaired) electrons. The molecule has 1 saturated carbocycles. The first-order chi connectivity index (χ1) is 15.2. The fraction of sp³-hybridized carbons (Fsp3) is 0.333. The number of rotatable bonds is 6. The number of anilines is 1. The van der Waals surface area contributed by atoms with E-state index in [1.165, 1.54) is 23.1 Å². The van der Waals surface area contributed by atoms with E-state index in [1.54, 1.807) is 4.57 Å². The Kier molecular flexibility index (Phi) is 6.68. The first-order valence-electron chi connectivity index (χ1n) is 10.6. The summed E-state index contributed by atoms with van der Waals surface area (Å²) in [6, 6.07) is 18.7. The van der Waals surface area contributed by atoms with Gasteiger partial charge in [0.1, 0.15) is 6.54 Å². The summed E-state index contributed by atoms with van der Waals surface area (Å²) in [6.07, 6.45) is 5.28. The minimum absolute atomic E-state index is 0.0238. The number of amides is 1. The zero-order valence-electron chi connectivity index (χ0n) is 17.2. The van der Waals surface area contributed by atoms with Gasteiger partial charge in [0.05, 0.1) is 22.7 Å². The number of para-hydroxylation sites is 2. The summed E-state index contributed by atoms with van der Waals surface area (Å²) in [5.41, 5.74) is 1.29. The van der Waals surface area contributed by atoms with Gasteiger partial charge in [-0.05, 0) is 37.1 Å². The molecule has 158 valence electrons. The van der Waals surface area contributed by atoms with Gasteiger partial charge < -0.3 is 0 Å². The molecule has 0 unspecified atom stereocenters. The topological polar surface area (TPSA) is 79.0 Å². The van der Waals surface area contributed by atoms with Gasteiger partial charge in [0.2, 0.25) is 5.91 Å². The first kappa shape index (κ1) is 21.1. The Morgan fingerprint density at radius 3 is 2.55 bits per heavy atom. The Hall–Kier alpha value is -3.11. The number of nitrogens with zero attached hydrogens (tertiary/aromatic N) is 4. The van der Waals surface area contributed by atoms with Crippen molar-refractivity contribution in [3.63, 3.8) is 0 Å². The second-order valence-electron chi connectivity index (χ2n) is 7.64. The number of benzene rings is 2. The second kappa shape index (κ2) is 9.80. The highest BCUT2D eigenvalue weighted by molar-refractivity contribution is 7.99. The molecule has 1 heterocycles. The zero-order chi connectivity index (χ0) is 21.6. The molecule has 7 heteroatoms. The molecule has 4 rings (SSSR count). The van der Waals surface area contributed by atoms with Crippen molar-refractivity contribution < 1.29 is 4.79 Å². The van der Waals surface area contributed by atoms with E-state index < -0.39 is 0 Å². The summed E-state index contributed by atoms with van der Waals surface area (Å²) < 4.78 is 1.80. The van der Waals surface area contributed by atoms with Gasteiger partial charge in [-0.2, -0.15) is 5.26 Å². The van der Waals surface area contributed by atoms with E-state index in [2.05, 4.69) is 6.07 Å². The van der Waals surface area contributed by atoms with Gasteiger partial charge in [0.15, 0.2) is 5.16 Å². The van der Waals surface area contributed by atoms with Crippen molar-refractivity contribution in [2.45, 2.75) is 43.3 Å². The molecule has 0 spiro atoms. The average molecular weight is 433 g/mol. The van der Waals surface area contributed by atoms with Gasteiger partial charge in [-0.15, -0.1) is 0 Å². The highest BCUT2D eigenvalue weighted by atomic mass is 32.2. The quantitative estimate of drug-likeness (QED) is 0.324. The number of thioether (sulfide) groups is 1. The van der Waals surface area contributed by atoms with Gasteiger partial charge in [0.25, 0.3) is 5.56 Å². The van der Waals surface area contributed by atoms with Crippen LogP contribution in [0.4, 0.5) is 5.69 Å². The maximum absolute atomic E-state index is 13.3. The number of hydrogen-bond acceptors (Lipinski definition) is 5. The Bertz CT molecular complexity index is 1160. The molecule has 1 aliphatic carbocycles. The highest BCUT2D eigenvalue weighted by Gasteiger charge is 2.23. The molecule has 0 saturated heterocycles. The zero-order valence-corrected chi connectivity index (χ0v) is 18.1. The molecular formula is C24H24N4O2S. The van der Waals surface area contributed by atoms with E-state index in [0.29, 0.717) is 21.7 Å². The molecular weight excluding hydrogens is 408 g/mol. The standard InChI is InChI=1S/C24H24N4O2S/c25-15-16-27(18-9-3-1-4-10-18)22(29)17-31-24-26-21-14-8-7-13-20(21)23(30)28(24)19-11-5-2-6-12-19/h1,3-4,7-10,13-14,19H,2,5-6,11-12,16-17H2. The van der Waals surface area contributed by atoms with Crippen molar-refractivity contribution in [2.75, 3.05) is 17.2 Å². The SMILES string of the molecule is N#CCN(C(=O)CSc1nc2ccccc2c(=O)n1C1CCCCC1)c1ccccc1. The molecule has 0 atom stereocenters. The van der Waals surface area contributed by atoms with Gasteiger partial charge >= 0.3 is 0 Å². The number of hydrogen-bond donors (Lipinski definition) is 0. The van der Waals surface area contributed by atoms with Crippen LogP contribution in [0.15, 0.2) is 64.5 Å². The third-order valence-corrected chi connectivity index (χ3v) is 6.58. The molecule has 3 aromatic rings. The maximum atomic E-state index is 13.3. The number of fused-ring (bicyclic) bond motifs is 1. The second-order valence-corrected chi connectivity index (χ2v) is 8.58. The Morgan fingerprint density at radius 2 is 1.81 bits per heavy atom. The summed E-state index contributed by atoms with van der Waals surface area (Å²) in [4.78, 5) is 32.5. The van der Waals surface area contributed by atoms with Crippen molar-refractivity contribution in [2.24, 2.45) is 0 Å². The van der Waals surface area contributed by atoms with Gasteiger partial charge in [0, 0.05) is 11.7 Å². The lowest BCUT2D eigenvalue weighted by Gasteiger charge is -2.26. The van der Waals surface area contributed by atoms with Crippen LogP contribution in [0.25, 0.3) is 10.9 Å². The molecule has 0 aliphatic heterocycles. The van der Waals surface area contributed by atoms with Crippen LogP contribution in [0.3, 0.4) is 0 Å². The van der Waals surface area contributed by atoms with Crippen molar-refractivity contribution in [1.29, 1.82) is 5.26 Å². The number of carbonyl (C=O) groups is 1. The van der Waals surface area contributed by atoms with Crippen LogP contribution < -0.4 is 10.5 Å². The predicted molar refractivity (Wildman–Crippen MR) is 123 cm³/mol. The molecule has 1 fully saturated rings. The largest absolute Gasteiger partial charge is 0.298 e. The Labute approximate surface area is 185 Å². The molecule has 0 bridgehead atoms. The minimum Gasteiger partial charge on any atom is -0.298 e. The van der Waals surface area contributed by atoms with E-state index in [0.717, 1.165) is 25.7 Å². The summed E-state index contributed by atoms with van der Waals surface area (Å²) in [6.45, 7) is -0.0238. The maximum Gasteiger partial charge on any atom is 0.262 e.